The summed E-state index contributed by atoms with van der Waals surface area (Å²) in [5.74, 6) is 1.29. The summed E-state index contributed by atoms with van der Waals surface area (Å²) in [6.45, 7) is 2.64. The summed E-state index contributed by atoms with van der Waals surface area (Å²) in [6.07, 6.45) is 0.957. The van der Waals surface area contributed by atoms with E-state index in [1.165, 1.54) is 0 Å². The number of rotatable bonds is 7. The maximum atomic E-state index is 11.4. The Labute approximate surface area is 154 Å². The van der Waals surface area contributed by atoms with Crippen molar-refractivity contribution in [1.82, 2.24) is 9.97 Å². The molecule has 0 spiro atoms. The highest BCUT2D eigenvalue weighted by molar-refractivity contribution is 9.10. The minimum absolute atomic E-state index is 0.195. The monoisotopic (exact) mass is 402 g/mol. The van der Waals surface area contributed by atoms with Gasteiger partial charge in [-0.3, -0.25) is 4.79 Å². The van der Waals surface area contributed by atoms with Crippen LogP contribution in [-0.4, -0.2) is 29.2 Å². The van der Waals surface area contributed by atoms with Crippen molar-refractivity contribution in [3.8, 4) is 17.1 Å². The van der Waals surface area contributed by atoms with Crippen LogP contribution >= 0.6 is 15.9 Å². The van der Waals surface area contributed by atoms with Gasteiger partial charge in [0.2, 0.25) is 0 Å². The highest BCUT2D eigenvalue weighted by Gasteiger charge is 2.12. The Bertz CT molecular complexity index is 843. The predicted molar refractivity (Wildman–Crippen MR) is 101 cm³/mol. The predicted octanol–water partition coefficient (Wildman–Crippen LogP) is 4.71. The van der Waals surface area contributed by atoms with E-state index < -0.39 is 0 Å². The SMILES string of the molecule is CCOC(=O)CCCOc1ccc(Br)cc1-c1nc2ccccc2[nH]1. The van der Waals surface area contributed by atoms with E-state index in [0.29, 0.717) is 26.1 Å². The average Bonchev–Trinajstić information content (AvgIpc) is 3.04. The lowest BCUT2D eigenvalue weighted by Gasteiger charge is -2.10. The Morgan fingerprint density at radius 1 is 1.24 bits per heavy atom. The fourth-order valence-electron chi connectivity index (χ4n) is 2.53. The van der Waals surface area contributed by atoms with Gasteiger partial charge in [0.1, 0.15) is 11.6 Å². The first-order chi connectivity index (χ1) is 12.2. The molecule has 2 aromatic carbocycles. The number of nitrogens with zero attached hydrogens (tertiary/aromatic N) is 1. The number of esters is 1. The molecule has 0 aliphatic carbocycles. The summed E-state index contributed by atoms with van der Waals surface area (Å²) in [5.41, 5.74) is 2.76. The van der Waals surface area contributed by atoms with Gasteiger partial charge in [-0.25, -0.2) is 4.98 Å². The van der Waals surface area contributed by atoms with Gasteiger partial charge in [-0.2, -0.15) is 0 Å². The minimum atomic E-state index is -0.195. The maximum absolute atomic E-state index is 11.4. The Kier molecular flexibility index (Phi) is 5.71. The first-order valence-electron chi connectivity index (χ1n) is 8.20. The number of halogens is 1. The molecular weight excluding hydrogens is 384 g/mol. The molecule has 25 heavy (non-hydrogen) atoms. The third-order valence-corrected chi connectivity index (χ3v) is 4.17. The molecule has 0 saturated heterocycles. The van der Waals surface area contributed by atoms with Gasteiger partial charge >= 0.3 is 5.97 Å². The van der Waals surface area contributed by atoms with Gasteiger partial charge in [0.25, 0.3) is 0 Å². The van der Waals surface area contributed by atoms with E-state index in [-0.39, 0.29) is 5.97 Å². The maximum Gasteiger partial charge on any atom is 0.305 e. The van der Waals surface area contributed by atoms with Crippen molar-refractivity contribution in [1.29, 1.82) is 0 Å². The molecule has 0 aliphatic heterocycles. The van der Waals surface area contributed by atoms with Crippen molar-refractivity contribution < 1.29 is 14.3 Å². The average molecular weight is 403 g/mol. The van der Waals surface area contributed by atoms with Gasteiger partial charge < -0.3 is 14.5 Å². The van der Waals surface area contributed by atoms with Crippen LogP contribution in [0.15, 0.2) is 46.9 Å². The molecule has 1 N–H and O–H groups in total. The van der Waals surface area contributed by atoms with Gasteiger partial charge in [0, 0.05) is 10.9 Å². The summed E-state index contributed by atoms with van der Waals surface area (Å²) in [6, 6.07) is 13.7. The van der Waals surface area contributed by atoms with Crippen molar-refractivity contribution in [3.05, 3.63) is 46.9 Å². The Balaban J connectivity index is 1.75. The number of aromatic nitrogens is 2. The Morgan fingerprint density at radius 3 is 2.88 bits per heavy atom. The van der Waals surface area contributed by atoms with E-state index in [1.54, 1.807) is 6.92 Å². The first kappa shape index (κ1) is 17.5. The van der Waals surface area contributed by atoms with Gasteiger partial charge in [-0.05, 0) is 43.7 Å². The molecule has 0 unspecified atom stereocenters. The number of fused-ring (bicyclic) bond motifs is 1. The van der Waals surface area contributed by atoms with Crippen molar-refractivity contribution in [2.24, 2.45) is 0 Å². The van der Waals surface area contributed by atoms with E-state index in [0.717, 1.165) is 32.6 Å². The number of nitrogens with one attached hydrogen (secondary N) is 1. The third kappa shape index (κ3) is 4.39. The molecule has 0 radical (unpaired) electrons. The lowest BCUT2D eigenvalue weighted by atomic mass is 10.2. The molecule has 3 aromatic rings. The van der Waals surface area contributed by atoms with E-state index >= 15 is 0 Å². The molecule has 0 aliphatic rings. The standard InChI is InChI=1S/C19H19BrN2O3/c1-2-24-18(23)8-5-11-25-17-10-9-13(20)12-14(17)19-21-15-6-3-4-7-16(15)22-19/h3-4,6-7,9-10,12H,2,5,8,11H2,1H3,(H,21,22). The molecule has 0 saturated carbocycles. The number of para-hydroxylation sites is 2. The van der Waals surface area contributed by atoms with Crippen molar-refractivity contribution in [3.63, 3.8) is 0 Å². The quantitative estimate of drug-likeness (QED) is 0.458. The molecule has 0 amide bonds. The molecular formula is C19H19BrN2O3. The molecule has 0 bridgehead atoms. The number of aromatic amines is 1. The highest BCUT2D eigenvalue weighted by Crippen LogP contribution is 2.32. The van der Waals surface area contributed by atoms with Crippen LogP contribution in [0.4, 0.5) is 0 Å². The second kappa shape index (κ2) is 8.16. The normalized spacial score (nSPS) is 10.8. The Hall–Kier alpha value is -2.34. The zero-order valence-corrected chi connectivity index (χ0v) is 15.5. The smallest absolute Gasteiger partial charge is 0.305 e. The van der Waals surface area contributed by atoms with E-state index in [2.05, 4.69) is 25.9 Å². The number of benzene rings is 2. The van der Waals surface area contributed by atoms with Gasteiger partial charge in [0.05, 0.1) is 29.8 Å². The number of carbonyl (C=O) groups excluding carboxylic acids is 1. The number of hydrogen-bond acceptors (Lipinski definition) is 4. The molecule has 0 atom stereocenters. The zero-order valence-electron chi connectivity index (χ0n) is 13.9. The lowest BCUT2D eigenvalue weighted by Crippen LogP contribution is -2.07. The summed E-state index contributed by atoms with van der Waals surface area (Å²) < 4.78 is 11.7. The van der Waals surface area contributed by atoms with Gasteiger partial charge in [0.15, 0.2) is 0 Å². The van der Waals surface area contributed by atoms with Crippen molar-refractivity contribution in [2.75, 3.05) is 13.2 Å². The van der Waals surface area contributed by atoms with Crippen LogP contribution in [0.5, 0.6) is 5.75 Å². The number of imidazole rings is 1. The number of ether oxygens (including phenoxy) is 2. The second-order valence-corrected chi connectivity index (χ2v) is 6.42. The van der Waals surface area contributed by atoms with Gasteiger partial charge in [-0.1, -0.05) is 28.1 Å². The molecule has 3 rings (SSSR count). The molecule has 5 nitrogen and oxygen atoms in total. The number of H-pyrrole nitrogens is 1. The summed E-state index contributed by atoms with van der Waals surface area (Å²) in [4.78, 5) is 19.3. The third-order valence-electron chi connectivity index (χ3n) is 3.67. The number of carbonyl (C=O) groups is 1. The Morgan fingerprint density at radius 2 is 2.08 bits per heavy atom. The number of hydrogen-bond donors (Lipinski definition) is 1. The molecule has 1 heterocycles. The second-order valence-electron chi connectivity index (χ2n) is 5.50. The molecule has 0 fully saturated rings. The highest BCUT2D eigenvalue weighted by atomic mass is 79.9. The van der Waals surface area contributed by atoms with Crippen LogP contribution in [0.1, 0.15) is 19.8 Å². The van der Waals surface area contributed by atoms with Crippen molar-refractivity contribution >= 4 is 32.9 Å². The topological polar surface area (TPSA) is 64.2 Å². The first-order valence-corrected chi connectivity index (χ1v) is 8.99. The molecule has 6 heteroatoms. The summed E-state index contributed by atoms with van der Waals surface area (Å²) in [5, 5.41) is 0. The zero-order chi connectivity index (χ0) is 17.6. The van der Waals surface area contributed by atoms with Crippen LogP contribution in [0, 0.1) is 0 Å². The molecule has 130 valence electrons. The fraction of sp³-hybridized carbons (Fsp3) is 0.263. The van der Waals surface area contributed by atoms with Crippen LogP contribution in [0.3, 0.4) is 0 Å². The van der Waals surface area contributed by atoms with Gasteiger partial charge in [-0.15, -0.1) is 0 Å². The van der Waals surface area contributed by atoms with E-state index in [4.69, 9.17) is 9.47 Å². The van der Waals surface area contributed by atoms with Crippen LogP contribution in [0.2, 0.25) is 0 Å². The van der Waals surface area contributed by atoms with Crippen LogP contribution in [0.25, 0.3) is 22.4 Å². The van der Waals surface area contributed by atoms with E-state index in [9.17, 15) is 4.79 Å². The minimum Gasteiger partial charge on any atom is -0.493 e. The largest absolute Gasteiger partial charge is 0.493 e. The van der Waals surface area contributed by atoms with Crippen molar-refractivity contribution in [2.45, 2.75) is 19.8 Å². The van der Waals surface area contributed by atoms with Crippen LogP contribution in [-0.2, 0) is 9.53 Å². The summed E-state index contributed by atoms with van der Waals surface area (Å²) in [7, 11) is 0. The molecule has 1 aromatic heterocycles. The summed E-state index contributed by atoms with van der Waals surface area (Å²) >= 11 is 3.50. The fourth-order valence-corrected chi connectivity index (χ4v) is 2.89. The lowest BCUT2D eigenvalue weighted by molar-refractivity contribution is -0.143. The van der Waals surface area contributed by atoms with Crippen LogP contribution < -0.4 is 4.74 Å². The van der Waals surface area contributed by atoms with E-state index in [1.807, 2.05) is 42.5 Å².